The highest BCUT2D eigenvalue weighted by molar-refractivity contribution is 7.19. The van der Waals surface area contributed by atoms with Crippen LogP contribution in [-0.2, 0) is 17.9 Å². The number of hydrogen-bond acceptors (Lipinski definition) is 1. The Morgan fingerprint density at radius 3 is 1.16 bits per heavy atom. The molecule has 4 heteroatoms. The minimum atomic E-state index is -1.22. The predicted molar refractivity (Wildman–Crippen MR) is 209 cm³/mol. The minimum absolute atomic E-state index is 0.102. The molecule has 3 nitrogen and oxygen atoms in total. The highest BCUT2D eigenvalue weighted by atomic mass is 16.1. The van der Waals surface area contributed by atoms with Gasteiger partial charge in [0.15, 0.2) is 0 Å². The maximum atomic E-state index is 11.3. The molecular weight excluding hydrogens is 595 g/mol. The van der Waals surface area contributed by atoms with E-state index >= 15 is 0 Å². The van der Waals surface area contributed by atoms with Crippen molar-refractivity contribution in [1.82, 2.24) is 5.32 Å². The van der Waals surface area contributed by atoms with Crippen LogP contribution in [0.15, 0.2) is 195 Å². The molecule has 0 saturated carbocycles. The van der Waals surface area contributed by atoms with Crippen LogP contribution in [0, 0.1) is 0 Å². The molecule has 0 heterocycles. The van der Waals surface area contributed by atoms with Crippen LogP contribution in [0.2, 0.25) is 0 Å². The maximum absolute atomic E-state index is 11.3. The molecule has 0 aliphatic carbocycles. The summed E-state index contributed by atoms with van der Waals surface area (Å²) in [4.78, 5) is 11.3. The van der Waals surface area contributed by atoms with Crippen molar-refractivity contribution in [2.75, 3.05) is 20.1 Å². The lowest BCUT2D eigenvalue weighted by Gasteiger charge is -2.44. The van der Waals surface area contributed by atoms with Gasteiger partial charge in [-0.3, -0.25) is 4.79 Å². The molecule has 0 aliphatic heterocycles. The predicted octanol–water partition coefficient (Wildman–Crippen LogP) is 6.59. The van der Waals surface area contributed by atoms with Crippen LogP contribution in [0.5, 0.6) is 0 Å². The van der Waals surface area contributed by atoms with Crippen LogP contribution < -0.4 is 27.2 Å². The third kappa shape index (κ3) is 9.34. The van der Waals surface area contributed by atoms with Crippen molar-refractivity contribution in [3.8, 4) is 0 Å². The van der Waals surface area contributed by atoms with Gasteiger partial charge in [0.25, 0.3) is 0 Å². The lowest BCUT2D eigenvalue weighted by atomic mass is 9.13. The molecule has 246 valence electrons. The van der Waals surface area contributed by atoms with Crippen LogP contribution in [0.3, 0.4) is 0 Å². The summed E-state index contributed by atoms with van der Waals surface area (Å²) in [6.45, 7) is 7.12. The van der Waals surface area contributed by atoms with E-state index < -0.39 is 6.15 Å². The minimum Gasteiger partial charge on any atom is -0.352 e. The first-order chi connectivity index (χ1) is 24.0. The summed E-state index contributed by atoms with van der Waals surface area (Å²) in [6.07, 6.45) is 1.05. The molecule has 0 aromatic heterocycles. The van der Waals surface area contributed by atoms with Crippen molar-refractivity contribution in [2.24, 2.45) is 0 Å². The van der Waals surface area contributed by atoms with Gasteiger partial charge in [0.2, 0.25) is 5.91 Å². The highest BCUT2D eigenvalue weighted by Crippen LogP contribution is 2.18. The number of carbonyl (C=O) groups is 1. The fourth-order valence-corrected chi connectivity index (χ4v) is 7.13. The number of rotatable bonds is 13. The molecule has 6 rings (SSSR count). The second kappa shape index (κ2) is 17.6. The van der Waals surface area contributed by atoms with Crippen molar-refractivity contribution >= 4 is 33.9 Å². The first-order valence-corrected chi connectivity index (χ1v) is 17.2. The quantitative estimate of drug-likeness (QED) is 0.0656. The Balaban J connectivity index is 0.000000191. The molecule has 0 spiro atoms. The molecule has 0 radical (unpaired) electrons. The average molecular weight is 643 g/mol. The Morgan fingerprint density at radius 2 is 0.857 bits per heavy atom. The summed E-state index contributed by atoms with van der Waals surface area (Å²) >= 11 is 0. The number of hydrogen-bond donors (Lipinski definition) is 1. The van der Waals surface area contributed by atoms with E-state index in [0.717, 1.165) is 30.5 Å². The van der Waals surface area contributed by atoms with Gasteiger partial charge in [-0.25, -0.2) is 0 Å². The Hall–Kier alpha value is -5.45. The molecule has 1 amide bonds. The zero-order valence-corrected chi connectivity index (χ0v) is 28.6. The summed E-state index contributed by atoms with van der Waals surface area (Å²) in [5, 5.41) is 2.87. The molecule has 6 aromatic carbocycles. The Morgan fingerprint density at radius 1 is 0.551 bits per heavy atom. The van der Waals surface area contributed by atoms with Crippen molar-refractivity contribution in [2.45, 2.75) is 19.5 Å². The largest absolute Gasteiger partial charge is 0.352 e. The van der Waals surface area contributed by atoms with E-state index in [9.17, 15) is 4.79 Å². The van der Waals surface area contributed by atoms with Gasteiger partial charge in [0.05, 0.1) is 13.6 Å². The second-order valence-electron chi connectivity index (χ2n) is 13.0. The maximum Gasteiger partial charge on any atom is 0.243 e. The third-order valence-corrected chi connectivity index (χ3v) is 9.37. The van der Waals surface area contributed by atoms with Crippen molar-refractivity contribution in [1.29, 1.82) is 0 Å². The Labute approximate surface area is 293 Å². The van der Waals surface area contributed by atoms with Crippen LogP contribution in [0.25, 0.3) is 0 Å². The molecular formula is C45H47BN2O. The van der Waals surface area contributed by atoms with Gasteiger partial charge in [-0.05, 0) is 6.08 Å². The zero-order valence-electron chi connectivity index (χ0n) is 28.6. The number of quaternary nitrogens is 1. The van der Waals surface area contributed by atoms with E-state index in [-0.39, 0.29) is 5.91 Å². The van der Waals surface area contributed by atoms with Crippen LogP contribution in [0.1, 0.15) is 17.5 Å². The van der Waals surface area contributed by atoms with Gasteiger partial charge in [0.1, 0.15) is 19.2 Å². The van der Waals surface area contributed by atoms with E-state index in [1.54, 1.807) is 0 Å². The molecule has 49 heavy (non-hydrogen) atoms. The van der Waals surface area contributed by atoms with E-state index in [0.29, 0.717) is 6.54 Å². The summed E-state index contributed by atoms with van der Waals surface area (Å²) in [6, 6.07) is 64.7. The third-order valence-electron chi connectivity index (χ3n) is 9.37. The van der Waals surface area contributed by atoms with E-state index in [4.69, 9.17) is 0 Å². The fourth-order valence-electron chi connectivity index (χ4n) is 7.13. The fraction of sp³-hybridized carbons (Fsp3) is 0.133. The van der Waals surface area contributed by atoms with Gasteiger partial charge in [-0.2, -0.15) is 21.9 Å². The van der Waals surface area contributed by atoms with Crippen molar-refractivity contribution in [3.63, 3.8) is 0 Å². The molecule has 0 aliphatic rings. The Bertz CT molecular complexity index is 1630. The molecule has 6 aromatic rings. The van der Waals surface area contributed by atoms with Gasteiger partial charge in [-0.1, -0.05) is 189 Å². The second-order valence-corrected chi connectivity index (χ2v) is 13.0. The SMILES string of the molecule is C=CC(=O)NCCC[N+](C)(Cc1ccccc1)Cc1ccccc1.c1ccc([B-](c2ccccc2)(c2ccccc2)c2ccccc2)cc1. The number of amides is 1. The Kier molecular flexibility index (Phi) is 12.6. The molecule has 0 fully saturated rings. The molecule has 0 atom stereocenters. The highest BCUT2D eigenvalue weighted by Gasteiger charge is 2.31. The number of carbonyl (C=O) groups excluding carboxylic acids is 1. The number of benzene rings is 6. The molecule has 0 bridgehead atoms. The van der Waals surface area contributed by atoms with E-state index in [1.807, 2.05) is 0 Å². The van der Waals surface area contributed by atoms with Crippen molar-refractivity contribution in [3.05, 3.63) is 206 Å². The van der Waals surface area contributed by atoms with Gasteiger partial charge in [0, 0.05) is 24.1 Å². The van der Waals surface area contributed by atoms with Crippen LogP contribution in [0.4, 0.5) is 0 Å². The first kappa shape index (κ1) is 34.9. The molecule has 0 saturated heterocycles. The van der Waals surface area contributed by atoms with Crippen LogP contribution in [-0.4, -0.2) is 36.7 Å². The molecule has 1 N–H and O–H groups in total. The lowest BCUT2D eigenvalue weighted by molar-refractivity contribution is -0.935. The normalized spacial score (nSPS) is 11.1. The van der Waals surface area contributed by atoms with Gasteiger partial charge in [-0.15, -0.1) is 0 Å². The first-order valence-electron chi connectivity index (χ1n) is 17.2. The van der Waals surface area contributed by atoms with Crippen molar-refractivity contribution < 1.29 is 9.28 Å². The topological polar surface area (TPSA) is 29.1 Å². The monoisotopic (exact) mass is 642 g/mol. The number of nitrogens with zero attached hydrogens (tertiary/aromatic N) is 1. The summed E-state index contributed by atoms with van der Waals surface area (Å²) in [5.74, 6) is -0.102. The van der Waals surface area contributed by atoms with E-state index in [1.165, 1.54) is 39.1 Å². The average Bonchev–Trinajstić information content (AvgIpc) is 3.16. The molecule has 0 unspecified atom stereocenters. The summed E-state index contributed by atoms with van der Waals surface area (Å²) < 4.78 is 0.915. The van der Waals surface area contributed by atoms with Gasteiger partial charge >= 0.3 is 0 Å². The number of nitrogens with one attached hydrogen (secondary N) is 1. The summed E-state index contributed by atoms with van der Waals surface area (Å²) in [5.41, 5.74) is 8.03. The van der Waals surface area contributed by atoms with Crippen LogP contribution >= 0.6 is 0 Å². The standard InChI is InChI=1S/C24H20B.C21H26N2O/c1-5-13-21(14-6-1)25(22-15-7-2-8-16-22,23-17-9-3-10-18-23)24-19-11-4-12-20-24;1-3-21(24)22-15-10-16-23(2,17-19-11-6-4-7-12-19)18-20-13-8-5-9-14-20/h1-20H;3-9,11-14H,1,10,15-18H2,2H3/q-1;/p+1. The zero-order chi connectivity index (χ0) is 34.2. The lowest BCUT2D eigenvalue weighted by Crippen LogP contribution is -2.74. The van der Waals surface area contributed by atoms with E-state index in [2.05, 4.69) is 201 Å². The smallest absolute Gasteiger partial charge is 0.243 e. The summed E-state index contributed by atoms with van der Waals surface area (Å²) in [7, 11) is 2.29. The van der Waals surface area contributed by atoms with Gasteiger partial charge < -0.3 is 9.80 Å².